The number of anilines is 2. The lowest BCUT2D eigenvalue weighted by Gasteiger charge is -2.40. The summed E-state index contributed by atoms with van der Waals surface area (Å²) in [6, 6.07) is -1.30. The summed E-state index contributed by atoms with van der Waals surface area (Å²) in [5.74, 6) is -0.511. The number of nitrogens with one attached hydrogen (secondary N) is 2. The summed E-state index contributed by atoms with van der Waals surface area (Å²) in [5.41, 5.74) is 15.9. The van der Waals surface area contributed by atoms with Gasteiger partial charge in [0.25, 0.3) is 11.1 Å². The number of nitrogens with zero attached hydrogens (tertiary/aromatic N) is 6. The lowest BCUT2D eigenvalue weighted by molar-refractivity contribution is -0.203. The molecule has 0 saturated carbocycles. The van der Waals surface area contributed by atoms with Crippen LogP contribution in [-0.4, -0.2) is 104 Å². The molecular formula is C20H25N11O13P2. The van der Waals surface area contributed by atoms with Crippen molar-refractivity contribution in [2.45, 2.75) is 49.0 Å². The molecule has 11 N–H and O–H groups in total. The minimum atomic E-state index is -5.16. The maximum atomic E-state index is 13.3. The third kappa shape index (κ3) is 5.33. The second-order valence-corrected chi connectivity index (χ2v) is 13.2. The number of nitrogen functional groups attached to an aromatic ring is 2. The maximum absolute atomic E-state index is 13.3. The molecule has 3 fully saturated rings. The fourth-order valence-electron chi connectivity index (χ4n) is 5.48. The number of phosphoric acid groups is 2. The Bertz CT molecular complexity index is 1960. The highest BCUT2D eigenvalue weighted by Crippen LogP contribution is 2.55. The molecule has 4 aromatic heterocycles. The number of rotatable bonds is 2. The van der Waals surface area contributed by atoms with Gasteiger partial charge in [-0.1, -0.05) is 0 Å². The Morgan fingerprint density at radius 2 is 1.39 bits per heavy atom. The first-order valence-electron chi connectivity index (χ1n) is 13.2. The summed E-state index contributed by atoms with van der Waals surface area (Å²) < 4.78 is 61.4. The number of aliphatic hydroxyl groups is 1. The number of aromatic amines is 2. The third-order valence-corrected chi connectivity index (χ3v) is 9.48. The molecule has 0 aliphatic carbocycles. The summed E-state index contributed by atoms with van der Waals surface area (Å²) in [6.07, 6.45) is -8.86. The van der Waals surface area contributed by atoms with Crippen LogP contribution in [0.2, 0.25) is 0 Å². The Morgan fingerprint density at radius 1 is 0.826 bits per heavy atom. The fraction of sp³-hybridized carbons (Fsp3) is 0.500. The molecule has 7 heterocycles. The Hall–Kier alpha value is -3.64. The molecule has 24 nitrogen and oxygen atoms in total. The van der Waals surface area contributed by atoms with Gasteiger partial charge in [-0.15, -0.1) is 0 Å². The molecular weight excluding hydrogens is 664 g/mol. The zero-order chi connectivity index (χ0) is 32.7. The van der Waals surface area contributed by atoms with Gasteiger partial charge in [-0.25, -0.2) is 19.1 Å². The van der Waals surface area contributed by atoms with Crippen molar-refractivity contribution in [1.82, 2.24) is 39.0 Å². The van der Waals surface area contributed by atoms with E-state index in [0.717, 1.165) is 10.9 Å². The van der Waals surface area contributed by atoms with E-state index in [0.29, 0.717) is 0 Å². The van der Waals surface area contributed by atoms with Gasteiger partial charge in [-0.2, -0.15) is 9.97 Å². The number of imidazole rings is 2. The van der Waals surface area contributed by atoms with Crippen LogP contribution in [0.1, 0.15) is 12.5 Å². The molecule has 7 rings (SSSR count). The van der Waals surface area contributed by atoms with Gasteiger partial charge in [0, 0.05) is 0 Å². The van der Waals surface area contributed by atoms with Crippen molar-refractivity contribution < 1.29 is 51.6 Å². The van der Waals surface area contributed by atoms with Gasteiger partial charge < -0.3 is 41.6 Å². The summed E-state index contributed by atoms with van der Waals surface area (Å²) in [5, 5.41) is 11.2. The molecule has 0 radical (unpaired) electrons. The van der Waals surface area contributed by atoms with Gasteiger partial charge in [-0.05, 0) is 0 Å². The molecule has 0 amide bonds. The number of phosphoric ester groups is 2. The molecule has 248 valence electrons. The van der Waals surface area contributed by atoms with Crippen molar-refractivity contribution >= 4 is 49.9 Å². The predicted octanol–water partition coefficient (Wildman–Crippen LogP) is -3.08. The summed E-state index contributed by atoms with van der Waals surface area (Å²) >= 11 is 0. The number of fused-ring (bicyclic) bond motifs is 4. The average molecular weight is 689 g/mol. The number of hydrogen-bond acceptors (Lipinski definition) is 18. The van der Waals surface area contributed by atoms with E-state index in [1.807, 2.05) is 0 Å². The van der Waals surface area contributed by atoms with Crippen LogP contribution in [0.15, 0.2) is 22.2 Å². The van der Waals surface area contributed by atoms with Crippen molar-refractivity contribution in [3.05, 3.63) is 33.4 Å². The van der Waals surface area contributed by atoms with E-state index in [9.17, 15) is 33.6 Å². The molecule has 0 spiro atoms. The maximum Gasteiger partial charge on any atom is 0.473 e. The van der Waals surface area contributed by atoms with Crippen molar-refractivity contribution in [1.29, 1.82) is 0 Å². The highest BCUT2D eigenvalue weighted by Gasteiger charge is 2.53. The fourth-order valence-corrected chi connectivity index (χ4v) is 7.60. The lowest BCUT2D eigenvalue weighted by atomic mass is 10.0. The van der Waals surface area contributed by atoms with Gasteiger partial charge in [0.15, 0.2) is 34.8 Å². The molecule has 4 aromatic rings. The largest absolute Gasteiger partial charge is 0.473 e. The molecule has 10 unspecified atom stereocenters. The normalized spacial score (nSPS) is 37.1. The Morgan fingerprint density at radius 3 is 2.00 bits per heavy atom. The van der Waals surface area contributed by atoms with E-state index in [4.69, 9.17) is 44.8 Å². The van der Waals surface area contributed by atoms with Crippen molar-refractivity contribution in [3.8, 4) is 0 Å². The van der Waals surface area contributed by atoms with Crippen LogP contribution in [0.4, 0.5) is 11.9 Å². The number of aliphatic hydroxyl groups excluding tert-OH is 1. The second kappa shape index (κ2) is 11.0. The smallest absolute Gasteiger partial charge is 0.386 e. The van der Waals surface area contributed by atoms with Crippen LogP contribution in [0.25, 0.3) is 22.3 Å². The summed E-state index contributed by atoms with van der Waals surface area (Å²) in [4.78, 5) is 66.4. The third-order valence-electron chi connectivity index (χ3n) is 7.45. The quantitative estimate of drug-likeness (QED) is 0.0967. The highest BCUT2D eigenvalue weighted by molar-refractivity contribution is 7.47. The van der Waals surface area contributed by atoms with Crippen molar-refractivity contribution in [3.63, 3.8) is 0 Å². The van der Waals surface area contributed by atoms with Gasteiger partial charge in [0.05, 0.1) is 31.9 Å². The molecule has 46 heavy (non-hydrogen) atoms. The highest BCUT2D eigenvalue weighted by atomic mass is 31.2. The molecule has 3 aliphatic rings. The summed E-state index contributed by atoms with van der Waals surface area (Å²) in [7, 11) is -10.3. The predicted molar refractivity (Wildman–Crippen MR) is 148 cm³/mol. The standard InChI is InChI=1S/C20H25N11O13P2/c21-7-11-5(41-17(7)30-3-24-8-13(30)26-19(22)28-15(8)33)2-40-45(35,36)44-12-6(42-46(37,38)43-11)1-39-18(10(12)32)31-4-25-9-14(31)27-20(23)29-16(9)34/h3-7,10-12,17-18,32H,1-2,21H2,(H,35,36)(H,37,38)(H3,22,26,28,33)(H3,23,27,29,34). The van der Waals surface area contributed by atoms with Gasteiger partial charge in [0.2, 0.25) is 11.9 Å². The second-order valence-electron chi connectivity index (χ2n) is 10.4. The van der Waals surface area contributed by atoms with Crippen LogP contribution in [0, 0.1) is 0 Å². The van der Waals surface area contributed by atoms with Crippen LogP contribution in [0.3, 0.4) is 0 Å². The van der Waals surface area contributed by atoms with E-state index in [2.05, 4.69) is 29.9 Å². The van der Waals surface area contributed by atoms with E-state index in [-0.39, 0.29) is 34.2 Å². The van der Waals surface area contributed by atoms with Crippen LogP contribution in [-0.2, 0) is 36.7 Å². The van der Waals surface area contributed by atoms with Gasteiger partial charge in [0.1, 0.15) is 30.5 Å². The molecule has 3 saturated heterocycles. The number of nitrogens with two attached hydrogens (primary N) is 3. The van der Waals surface area contributed by atoms with Crippen LogP contribution < -0.4 is 28.3 Å². The van der Waals surface area contributed by atoms with Crippen molar-refractivity contribution in [2.75, 3.05) is 24.7 Å². The Balaban J connectivity index is 1.18. The molecule has 10 atom stereocenters. The van der Waals surface area contributed by atoms with E-state index in [1.54, 1.807) is 0 Å². The first kappa shape index (κ1) is 31.0. The zero-order valence-electron chi connectivity index (χ0n) is 22.9. The number of H-pyrrole nitrogens is 2. The number of aromatic nitrogens is 8. The molecule has 26 heteroatoms. The Kier molecular flexibility index (Phi) is 7.39. The molecule has 3 aliphatic heterocycles. The minimum Gasteiger partial charge on any atom is -0.386 e. The number of ether oxygens (including phenoxy) is 2. The lowest BCUT2D eigenvalue weighted by Crippen LogP contribution is -2.52. The minimum absolute atomic E-state index is 0.0402. The first-order valence-corrected chi connectivity index (χ1v) is 16.2. The molecule has 0 bridgehead atoms. The van der Waals surface area contributed by atoms with E-state index < -0.39 is 89.0 Å². The first-order chi connectivity index (χ1) is 21.7. The number of hydrogen-bond donors (Lipinski definition) is 8. The van der Waals surface area contributed by atoms with Crippen LogP contribution in [0.5, 0.6) is 0 Å². The SMILES string of the molecule is Nc1nc2c(ncn2C2OC3COP(=O)(O)OC4C(COC(n5cnc6c(=O)[nH]c(N)nc65)C4O)OP(=O)(O)OC3C2N)c(=O)[nH]1. The topological polar surface area (TPSA) is 355 Å². The van der Waals surface area contributed by atoms with Gasteiger partial charge in [-0.3, -0.25) is 46.8 Å². The van der Waals surface area contributed by atoms with E-state index >= 15 is 0 Å². The zero-order valence-corrected chi connectivity index (χ0v) is 24.7. The molecule has 0 aromatic carbocycles. The monoisotopic (exact) mass is 689 g/mol. The summed E-state index contributed by atoms with van der Waals surface area (Å²) in [6.45, 7) is -1.41. The van der Waals surface area contributed by atoms with Gasteiger partial charge >= 0.3 is 15.6 Å². The van der Waals surface area contributed by atoms with Crippen LogP contribution >= 0.6 is 15.6 Å². The average Bonchev–Trinajstić information content (AvgIpc) is 3.65. The Labute approximate surface area is 253 Å². The van der Waals surface area contributed by atoms with E-state index in [1.165, 1.54) is 10.9 Å². The van der Waals surface area contributed by atoms with Crippen molar-refractivity contribution in [2.24, 2.45) is 5.73 Å².